The summed E-state index contributed by atoms with van der Waals surface area (Å²) in [7, 11) is 3.37. The highest BCUT2D eigenvalue weighted by atomic mass is 16.5. The molecule has 0 aromatic carbocycles. The van der Waals surface area contributed by atoms with Crippen molar-refractivity contribution in [3.63, 3.8) is 0 Å². The zero-order valence-corrected chi connectivity index (χ0v) is 8.45. The van der Waals surface area contributed by atoms with E-state index in [1.807, 2.05) is 24.3 Å². The molecule has 0 aromatic heterocycles. The SMILES string of the molecule is COC/C=C/CNC/C=C/COC. The average molecular weight is 185 g/mol. The Hall–Kier alpha value is -0.640. The van der Waals surface area contributed by atoms with Gasteiger partial charge in [0, 0.05) is 27.3 Å². The van der Waals surface area contributed by atoms with Crippen molar-refractivity contribution in [2.75, 3.05) is 40.5 Å². The molecule has 3 nitrogen and oxygen atoms in total. The molecule has 0 aliphatic carbocycles. The van der Waals surface area contributed by atoms with Crippen LogP contribution in [0.3, 0.4) is 0 Å². The largest absolute Gasteiger partial charge is 0.381 e. The summed E-state index contributed by atoms with van der Waals surface area (Å²) in [4.78, 5) is 0. The lowest BCUT2D eigenvalue weighted by molar-refractivity contribution is 0.233. The zero-order valence-electron chi connectivity index (χ0n) is 8.45. The van der Waals surface area contributed by atoms with Gasteiger partial charge in [-0.05, 0) is 0 Å². The molecule has 0 saturated heterocycles. The van der Waals surface area contributed by atoms with Crippen LogP contribution in [0.4, 0.5) is 0 Å². The Bertz CT molecular complexity index is 128. The second-order valence-electron chi connectivity index (χ2n) is 2.51. The van der Waals surface area contributed by atoms with Gasteiger partial charge in [0.25, 0.3) is 0 Å². The van der Waals surface area contributed by atoms with Crippen molar-refractivity contribution >= 4 is 0 Å². The summed E-state index contributed by atoms with van der Waals surface area (Å²) < 4.78 is 9.71. The molecular weight excluding hydrogens is 166 g/mol. The topological polar surface area (TPSA) is 30.5 Å². The Kier molecular flexibility index (Phi) is 10.8. The maximum absolute atomic E-state index is 4.86. The summed E-state index contributed by atoms with van der Waals surface area (Å²) >= 11 is 0. The molecule has 13 heavy (non-hydrogen) atoms. The van der Waals surface area contributed by atoms with Gasteiger partial charge in [-0.1, -0.05) is 24.3 Å². The van der Waals surface area contributed by atoms with Crippen LogP contribution in [0, 0.1) is 0 Å². The molecule has 76 valence electrons. The first kappa shape index (κ1) is 12.4. The van der Waals surface area contributed by atoms with Crippen molar-refractivity contribution < 1.29 is 9.47 Å². The van der Waals surface area contributed by atoms with E-state index in [-0.39, 0.29) is 0 Å². The first-order valence-electron chi connectivity index (χ1n) is 4.40. The lowest BCUT2D eigenvalue weighted by Gasteiger charge is -1.95. The number of ether oxygens (including phenoxy) is 2. The lowest BCUT2D eigenvalue weighted by atomic mass is 10.4. The molecular formula is C10H19NO2. The maximum atomic E-state index is 4.86. The summed E-state index contributed by atoms with van der Waals surface area (Å²) in [5.74, 6) is 0. The van der Waals surface area contributed by atoms with Crippen molar-refractivity contribution in [3.8, 4) is 0 Å². The summed E-state index contributed by atoms with van der Waals surface area (Å²) in [6.07, 6.45) is 8.08. The third-order valence-corrected chi connectivity index (χ3v) is 1.38. The number of nitrogens with one attached hydrogen (secondary N) is 1. The fraction of sp³-hybridized carbons (Fsp3) is 0.600. The molecule has 3 heteroatoms. The Morgan fingerprint density at radius 2 is 1.31 bits per heavy atom. The summed E-state index contributed by atoms with van der Waals surface area (Å²) in [5, 5.41) is 3.22. The summed E-state index contributed by atoms with van der Waals surface area (Å²) in [5.41, 5.74) is 0. The average Bonchev–Trinajstić information content (AvgIpc) is 2.16. The molecule has 0 rings (SSSR count). The molecule has 0 radical (unpaired) electrons. The van der Waals surface area contributed by atoms with E-state index in [4.69, 9.17) is 9.47 Å². The molecule has 0 heterocycles. The molecule has 0 saturated carbocycles. The van der Waals surface area contributed by atoms with Crippen LogP contribution < -0.4 is 5.32 Å². The number of methoxy groups -OCH3 is 2. The highest BCUT2D eigenvalue weighted by Gasteiger charge is 1.77. The van der Waals surface area contributed by atoms with Crippen molar-refractivity contribution in [2.24, 2.45) is 0 Å². The van der Waals surface area contributed by atoms with E-state index in [0.29, 0.717) is 13.2 Å². The molecule has 0 spiro atoms. The second-order valence-corrected chi connectivity index (χ2v) is 2.51. The van der Waals surface area contributed by atoms with Crippen molar-refractivity contribution in [3.05, 3.63) is 24.3 Å². The molecule has 1 N–H and O–H groups in total. The first-order valence-corrected chi connectivity index (χ1v) is 4.40. The van der Waals surface area contributed by atoms with Crippen molar-refractivity contribution in [1.29, 1.82) is 0 Å². The second kappa shape index (κ2) is 11.4. The van der Waals surface area contributed by atoms with Gasteiger partial charge in [0.1, 0.15) is 0 Å². The molecule has 0 aromatic rings. The van der Waals surface area contributed by atoms with Crippen LogP contribution in [0.1, 0.15) is 0 Å². The molecule has 0 aliphatic heterocycles. The molecule has 0 bridgehead atoms. The van der Waals surface area contributed by atoms with Crippen LogP contribution >= 0.6 is 0 Å². The van der Waals surface area contributed by atoms with Gasteiger partial charge in [0.15, 0.2) is 0 Å². The molecule has 0 unspecified atom stereocenters. The Labute approximate surface area is 80.4 Å². The van der Waals surface area contributed by atoms with Gasteiger partial charge in [-0.15, -0.1) is 0 Å². The standard InChI is InChI=1S/C10H19NO2/c1-12-9-5-3-7-11-8-4-6-10-13-2/h3-6,11H,7-10H2,1-2H3/b5-3+,6-4+. The third kappa shape index (κ3) is 11.4. The van der Waals surface area contributed by atoms with Crippen molar-refractivity contribution in [2.45, 2.75) is 0 Å². The smallest absolute Gasteiger partial charge is 0.0644 e. The van der Waals surface area contributed by atoms with Gasteiger partial charge >= 0.3 is 0 Å². The number of hydrogen-bond donors (Lipinski definition) is 1. The van der Waals surface area contributed by atoms with Crippen molar-refractivity contribution in [1.82, 2.24) is 5.32 Å². The molecule has 0 amide bonds. The minimum atomic E-state index is 0.682. The van der Waals surface area contributed by atoms with Gasteiger partial charge < -0.3 is 14.8 Å². The van der Waals surface area contributed by atoms with E-state index >= 15 is 0 Å². The monoisotopic (exact) mass is 185 g/mol. The van der Waals surface area contributed by atoms with Gasteiger partial charge in [-0.3, -0.25) is 0 Å². The highest BCUT2D eigenvalue weighted by Crippen LogP contribution is 1.75. The highest BCUT2D eigenvalue weighted by molar-refractivity contribution is 4.87. The normalized spacial score (nSPS) is 11.8. The van der Waals surface area contributed by atoms with Crippen LogP contribution in [0.2, 0.25) is 0 Å². The van der Waals surface area contributed by atoms with Gasteiger partial charge in [0.2, 0.25) is 0 Å². The van der Waals surface area contributed by atoms with Crippen LogP contribution in [0.25, 0.3) is 0 Å². The summed E-state index contributed by atoms with van der Waals surface area (Å²) in [6, 6.07) is 0. The van der Waals surface area contributed by atoms with E-state index < -0.39 is 0 Å². The van der Waals surface area contributed by atoms with Crippen LogP contribution in [-0.4, -0.2) is 40.5 Å². The Balaban J connectivity index is 3.07. The van der Waals surface area contributed by atoms with Gasteiger partial charge in [-0.25, -0.2) is 0 Å². The van der Waals surface area contributed by atoms with E-state index in [0.717, 1.165) is 13.1 Å². The van der Waals surface area contributed by atoms with Crippen LogP contribution in [-0.2, 0) is 9.47 Å². The van der Waals surface area contributed by atoms with E-state index in [9.17, 15) is 0 Å². The summed E-state index contributed by atoms with van der Waals surface area (Å²) in [6.45, 7) is 3.11. The molecule has 0 fully saturated rings. The predicted molar refractivity (Wildman–Crippen MR) is 54.9 cm³/mol. The fourth-order valence-corrected chi connectivity index (χ4v) is 0.745. The van der Waals surface area contributed by atoms with Gasteiger partial charge in [-0.2, -0.15) is 0 Å². The van der Waals surface area contributed by atoms with Crippen LogP contribution in [0.5, 0.6) is 0 Å². The Morgan fingerprint density at radius 3 is 1.69 bits per heavy atom. The lowest BCUT2D eigenvalue weighted by Crippen LogP contribution is -2.13. The quantitative estimate of drug-likeness (QED) is 0.452. The van der Waals surface area contributed by atoms with Gasteiger partial charge in [0.05, 0.1) is 13.2 Å². The minimum absolute atomic E-state index is 0.682. The maximum Gasteiger partial charge on any atom is 0.0644 e. The first-order chi connectivity index (χ1) is 6.41. The van der Waals surface area contributed by atoms with E-state index in [2.05, 4.69) is 5.32 Å². The fourth-order valence-electron chi connectivity index (χ4n) is 0.745. The third-order valence-electron chi connectivity index (χ3n) is 1.38. The zero-order chi connectivity index (χ0) is 9.78. The van der Waals surface area contributed by atoms with E-state index in [1.165, 1.54) is 0 Å². The number of hydrogen-bond acceptors (Lipinski definition) is 3. The van der Waals surface area contributed by atoms with E-state index in [1.54, 1.807) is 14.2 Å². The molecule has 0 aliphatic rings. The number of rotatable bonds is 8. The minimum Gasteiger partial charge on any atom is -0.381 e. The molecule has 0 atom stereocenters. The predicted octanol–water partition coefficient (Wildman–Crippen LogP) is 0.981. The van der Waals surface area contributed by atoms with Crippen LogP contribution in [0.15, 0.2) is 24.3 Å². The Morgan fingerprint density at radius 1 is 0.846 bits per heavy atom.